The minimum absolute atomic E-state index is 0.00290. The molecule has 3 aromatic rings. The van der Waals surface area contributed by atoms with E-state index in [0.717, 1.165) is 22.5 Å². The molecule has 0 unspecified atom stereocenters. The molecule has 6 nitrogen and oxygen atoms in total. The summed E-state index contributed by atoms with van der Waals surface area (Å²) in [4.78, 5) is 27.1. The summed E-state index contributed by atoms with van der Waals surface area (Å²) < 4.78 is 0. The zero-order chi connectivity index (χ0) is 18.8. The van der Waals surface area contributed by atoms with Gasteiger partial charge in [-0.25, -0.2) is 0 Å². The molecule has 1 aliphatic rings. The van der Waals surface area contributed by atoms with Crippen LogP contribution in [0.15, 0.2) is 48.5 Å². The molecule has 27 heavy (non-hydrogen) atoms. The van der Waals surface area contributed by atoms with Crippen LogP contribution in [0.1, 0.15) is 23.7 Å². The fraction of sp³-hybridized carbons (Fsp3) is 0.238. The van der Waals surface area contributed by atoms with Crippen LogP contribution in [0.25, 0.3) is 10.9 Å². The van der Waals surface area contributed by atoms with E-state index >= 15 is 0 Å². The van der Waals surface area contributed by atoms with E-state index in [0.29, 0.717) is 19.5 Å². The van der Waals surface area contributed by atoms with E-state index in [4.69, 9.17) is 0 Å². The average Bonchev–Trinajstić information content (AvgIpc) is 3.04. The number of carbonyl (C=O) groups excluding carboxylic acids is 2. The lowest BCUT2D eigenvalue weighted by atomic mass is 9.98. The Balaban J connectivity index is 1.38. The maximum atomic E-state index is 12.6. The lowest BCUT2D eigenvalue weighted by Crippen LogP contribution is -2.47. The van der Waals surface area contributed by atoms with Gasteiger partial charge in [-0.1, -0.05) is 30.3 Å². The van der Waals surface area contributed by atoms with Gasteiger partial charge in [-0.05, 0) is 35.7 Å². The molecular formula is C21H22N4O2. The summed E-state index contributed by atoms with van der Waals surface area (Å²) in [5, 5.41) is 10.2. The number of carbonyl (C=O) groups is 2. The highest BCUT2D eigenvalue weighted by Crippen LogP contribution is 2.26. The van der Waals surface area contributed by atoms with E-state index in [9.17, 15) is 9.59 Å². The van der Waals surface area contributed by atoms with Crippen molar-refractivity contribution in [3.8, 4) is 0 Å². The number of rotatable bonds is 4. The van der Waals surface area contributed by atoms with Crippen LogP contribution in [0.4, 0.5) is 5.69 Å². The third-order valence-electron chi connectivity index (χ3n) is 4.89. The molecule has 0 saturated carbocycles. The Hall–Kier alpha value is -3.12. The smallest absolute Gasteiger partial charge is 0.237 e. The van der Waals surface area contributed by atoms with Crippen molar-refractivity contribution in [3.63, 3.8) is 0 Å². The van der Waals surface area contributed by atoms with Crippen molar-refractivity contribution in [2.75, 3.05) is 5.32 Å². The van der Waals surface area contributed by atoms with Crippen LogP contribution in [0, 0.1) is 0 Å². The average molecular weight is 362 g/mol. The molecule has 2 amide bonds. The Labute approximate surface area is 157 Å². The number of para-hydroxylation sites is 1. The number of aromatic amines is 1. The maximum Gasteiger partial charge on any atom is 0.237 e. The van der Waals surface area contributed by atoms with Gasteiger partial charge in [-0.2, -0.15) is 0 Å². The quantitative estimate of drug-likeness (QED) is 0.575. The second-order valence-electron chi connectivity index (χ2n) is 6.86. The van der Waals surface area contributed by atoms with Crippen molar-refractivity contribution < 1.29 is 9.59 Å². The van der Waals surface area contributed by atoms with E-state index in [1.807, 2.05) is 36.4 Å². The highest BCUT2D eigenvalue weighted by molar-refractivity contribution is 5.89. The van der Waals surface area contributed by atoms with Crippen molar-refractivity contribution in [1.82, 2.24) is 15.6 Å². The monoisotopic (exact) mass is 362 g/mol. The second-order valence-corrected chi connectivity index (χ2v) is 6.86. The normalized spacial score (nSPS) is 16.0. The zero-order valence-corrected chi connectivity index (χ0v) is 15.1. The summed E-state index contributed by atoms with van der Waals surface area (Å²) in [5.41, 5.74) is 5.24. The fourth-order valence-corrected chi connectivity index (χ4v) is 3.55. The predicted octanol–water partition coefficient (Wildman–Crippen LogP) is 2.46. The first kappa shape index (κ1) is 17.3. The van der Waals surface area contributed by atoms with Gasteiger partial charge in [0.05, 0.1) is 6.04 Å². The van der Waals surface area contributed by atoms with Gasteiger partial charge < -0.3 is 15.6 Å². The minimum Gasteiger partial charge on any atom is -0.357 e. The van der Waals surface area contributed by atoms with Gasteiger partial charge >= 0.3 is 0 Å². The molecule has 0 bridgehead atoms. The topological polar surface area (TPSA) is 86.0 Å². The largest absolute Gasteiger partial charge is 0.357 e. The summed E-state index contributed by atoms with van der Waals surface area (Å²) in [7, 11) is 0. The van der Waals surface area contributed by atoms with Crippen molar-refractivity contribution in [2.24, 2.45) is 0 Å². The van der Waals surface area contributed by atoms with E-state index in [1.165, 1.54) is 17.9 Å². The molecule has 2 aromatic carbocycles. The number of anilines is 1. The minimum atomic E-state index is -0.240. The molecule has 1 aromatic heterocycles. The lowest BCUT2D eigenvalue weighted by Gasteiger charge is -2.23. The number of aromatic nitrogens is 1. The Kier molecular flexibility index (Phi) is 4.64. The molecule has 0 spiro atoms. The van der Waals surface area contributed by atoms with Crippen LogP contribution in [-0.2, 0) is 29.1 Å². The molecule has 1 atom stereocenters. The Morgan fingerprint density at radius 3 is 2.67 bits per heavy atom. The van der Waals surface area contributed by atoms with Gasteiger partial charge in [0.2, 0.25) is 11.8 Å². The van der Waals surface area contributed by atoms with Crippen molar-refractivity contribution in [3.05, 3.63) is 65.4 Å². The first-order valence-corrected chi connectivity index (χ1v) is 9.06. The van der Waals surface area contributed by atoms with Crippen LogP contribution in [-0.4, -0.2) is 22.8 Å². The first-order chi connectivity index (χ1) is 13.1. The number of H-pyrrole nitrogens is 1. The molecular weight excluding hydrogens is 340 g/mol. The molecule has 2 heterocycles. The highest BCUT2D eigenvalue weighted by Gasteiger charge is 2.26. The zero-order valence-electron chi connectivity index (χ0n) is 15.1. The molecule has 0 radical (unpaired) electrons. The number of benzene rings is 2. The van der Waals surface area contributed by atoms with Gasteiger partial charge in [-0.3, -0.25) is 14.9 Å². The van der Waals surface area contributed by atoms with Gasteiger partial charge in [0.25, 0.3) is 0 Å². The standard InChI is InChI=1S/C21H22N4O2/c1-13(26)24-15-8-6-14(7-9-15)11-23-21(27)19-10-17-16-4-2-3-5-18(16)25-20(17)12-22-19/h2-9,19,22,25H,10-12H2,1H3,(H,23,27)(H,24,26)/t19-/m0/s1. The fourth-order valence-electron chi connectivity index (χ4n) is 3.55. The first-order valence-electron chi connectivity index (χ1n) is 9.06. The SMILES string of the molecule is CC(=O)Nc1ccc(CNC(=O)[C@@H]2Cc3c([nH]c4ccccc34)CN2)cc1. The molecule has 138 valence electrons. The predicted molar refractivity (Wildman–Crippen MR) is 105 cm³/mol. The molecule has 1 aliphatic heterocycles. The highest BCUT2D eigenvalue weighted by atomic mass is 16.2. The van der Waals surface area contributed by atoms with Gasteiger partial charge in [0.1, 0.15) is 0 Å². The van der Waals surface area contributed by atoms with Crippen molar-refractivity contribution >= 4 is 28.4 Å². The van der Waals surface area contributed by atoms with E-state index in [1.54, 1.807) is 0 Å². The number of amides is 2. The molecule has 0 fully saturated rings. The van der Waals surface area contributed by atoms with Crippen LogP contribution >= 0.6 is 0 Å². The number of hydrogen-bond donors (Lipinski definition) is 4. The maximum absolute atomic E-state index is 12.6. The van der Waals surface area contributed by atoms with Gasteiger partial charge in [0, 0.05) is 42.3 Å². The Bertz CT molecular complexity index is 991. The molecule has 4 N–H and O–H groups in total. The van der Waals surface area contributed by atoms with Crippen LogP contribution in [0.5, 0.6) is 0 Å². The van der Waals surface area contributed by atoms with Gasteiger partial charge in [0.15, 0.2) is 0 Å². The third-order valence-corrected chi connectivity index (χ3v) is 4.89. The van der Waals surface area contributed by atoms with E-state index in [-0.39, 0.29) is 17.9 Å². The summed E-state index contributed by atoms with van der Waals surface area (Å²) in [6.45, 7) is 2.59. The van der Waals surface area contributed by atoms with Gasteiger partial charge in [-0.15, -0.1) is 0 Å². The number of fused-ring (bicyclic) bond motifs is 3. The molecule has 4 rings (SSSR count). The number of hydrogen-bond acceptors (Lipinski definition) is 3. The van der Waals surface area contributed by atoms with Crippen molar-refractivity contribution in [2.45, 2.75) is 32.5 Å². The Morgan fingerprint density at radius 1 is 1.11 bits per heavy atom. The molecule has 0 aliphatic carbocycles. The lowest BCUT2D eigenvalue weighted by molar-refractivity contribution is -0.123. The number of nitrogens with one attached hydrogen (secondary N) is 4. The second kappa shape index (κ2) is 7.25. The summed E-state index contributed by atoms with van der Waals surface area (Å²) in [6.07, 6.45) is 0.673. The van der Waals surface area contributed by atoms with Crippen LogP contribution in [0.2, 0.25) is 0 Å². The summed E-state index contributed by atoms with van der Waals surface area (Å²) in [5.74, 6) is -0.104. The van der Waals surface area contributed by atoms with Crippen LogP contribution < -0.4 is 16.0 Å². The third kappa shape index (κ3) is 3.71. The van der Waals surface area contributed by atoms with Crippen molar-refractivity contribution in [1.29, 1.82) is 0 Å². The molecule has 0 saturated heterocycles. The molecule has 6 heteroatoms. The van der Waals surface area contributed by atoms with Crippen LogP contribution in [0.3, 0.4) is 0 Å². The summed E-state index contributed by atoms with van der Waals surface area (Å²) in [6, 6.07) is 15.4. The summed E-state index contributed by atoms with van der Waals surface area (Å²) >= 11 is 0. The Morgan fingerprint density at radius 2 is 1.89 bits per heavy atom. The van der Waals surface area contributed by atoms with E-state index in [2.05, 4.69) is 33.1 Å². The van der Waals surface area contributed by atoms with E-state index < -0.39 is 0 Å².